The molecule has 0 spiro atoms. The van der Waals surface area contributed by atoms with Crippen LogP contribution in [0.5, 0.6) is 0 Å². The van der Waals surface area contributed by atoms with Crippen LogP contribution in [0, 0.1) is 0 Å². The second kappa shape index (κ2) is 7.76. The molecule has 0 aliphatic carbocycles. The van der Waals surface area contributed by atoms with Gasteiger partial charge in [0, 0.05) is 38.9 Å². The predicted octanol–water partition coefficient (Wildman–Crippen LogP) is 2.13. The van der Waals surface area contributed by atoms with Gasteiger partial charge in [0.2, 0.25) is 0 Å². The summed E-state index contributed by atoms with van der Waals surface area (Å²) >= 11 is 0. The fourth-order valence-corrected chi connectivity index (χ4v) is 2.81. The highest BCUT2D eigenvalue weighted by Gasteiger charge is 2.21. The lowest BCUT2D eigenvalue weighted by Crippen LogP contribution is -2.49. The average Bonchev–Trinajstić information content (AvgIpc) is 2.63. The summed E-state index contributed by atoms with van der Waals surface area (Å²) < 4.78 is 0. The van der Waals surface area contributed by atoms with Crippen molar-refractivity contribution in [1.82, 2.24) is 14.8 Å². The van der Waals surface area contributed by atoms with Gasteiger partial charge in [-0.15, -0.1) is 0 Å². The van der Waals surface area contributed by atoms with E-state index in [0.717, 1.165) is 18.7 Å². The van der Waals surface area contributed by atoms with E-state index in [9.17, 15) is 9.59 Å². The number of aromatic carboxylic acids is 1. The first-order valence-corrected chi connectivity index (χ1v) is 8.12. The van der Waals surface area contributed by atoms with Crippen LogP contribution in [-0.2, 0) is 6.54 Å². The molecule has 2 amide bonds. The third-order valence-corrected chi connectivity index (χ3v) is 4.15. The second-order valence-corrected chi connectivity index (χ2v) is 5.94. The first kappa shape index (κ1) is 16.9. The van der Waals surface area contributed by atoms with Gasteiger partial charge in [-0.05, 0) is 29.8 Å². The average molecular weight is 340 g/mol. The Bertz CT molecular complexity index is 743. The Morgan fingerprint density at radius 1 is 1.12 bits per heavy atom. The normalized spacial score (nSPS) is 15.0. The van der Waals surface area contributed by atoms with E-state index in [1.807, 2.05) is 6.07 Å². The van der Waals surface area contributed by atoms with E-state index >= 15 is 0 Å². The van der Waals surface area contributed by atoms with E-state index in [1.54, 1.807) is 47.6 Å². The van der Waals surface area contributed by atoms with Crippen LogP contribution in [0.4, 0.5) is 10.5 Å². The molecule has 1 aromatic carbocycles. The molecule has 1 aromatic heterocycles. The van der Waals surface area contributed by atoms with Crippen molar-refractivity contribution in [3.05, 3.63) is 59.9 Å². The fraction of sp³-hybridized carbons (Fsp3) is 0.278. The Kier molecular flexibility index (Phi) is 5.25. The van der Waals surface area contributed by atoms with E-state index in [0.29, 0.717) is 30.9 Å². The Balaban J connectivity index is 1.51. The summed E-state index contributed by atoms with van der Waals surface area (Å²) in [6.07, 6.45) is 3.28. The molecule has 7 nitrogen and oxygen atoms in total. The number of hydrogen-bond donors (Lipinski definition) is 2. The Hall–Kier alpha value is -2.93. The number of carboxylic acid groups (broad SMARTS) is 1. The van der Waals surface area contributed by atoms with Gasteiger partial charge in [0.05, 0.1) is 17.4 Å². The third-order valence-electron chi connectivity index (χ3n) is 4.15. The van der Waals surface area contributed by atoms with Crippen molar-refractivity contribution in [1.29, 1.82) is 0 Å². The quantitative estimate of drug-likeness (QED) is 0.890. The highest BCUT2D eigenvalue weighted by molar-refractivity contribution is 5.89. The maximum Gasteiger partial charge on any atom is 0.335 e. The first-order valence-electron chi connectivity index (χ1n) is 8.12. The molecule has 2 N–H and O–H groups in total. The summed E-state index contributed by atoms with van der Waals surface area (Å²) in [4.78, 5) is 31.3. The van der Waals surface area contributed by atoms with Gasteiger partial charge >= 0.3 is 12.0 Å². The van der Waals surface area contributed by atoms with Crippen LogP contribution >= 0.6 is 0 Å². The molecule has 0 radical (unpaired) electrons. The molecule has 25 heavy (non-hydrogen) atoms. The largest absolute Gasteiger partial charge is 0.478 e. The van der Waals surface area contributed by atoms with Gasteiger partial charge in [-0.3, -0.25) is 9.88 Å². The highest BCUT2D eigenvalue weighted by atomic mass is 16.4. The van der Waals surface area contributed by atoms with Gasteiger partial charge in [0.25, 0.3) is 0 Å². The van der Waals surface area contributed by atoms with Gasteiger partial charge in [-0.2, -0.15) is 0 Å². The summed E-state index contributed by atoms with van der Waals surface area (Å²) in [5.41, 5.74) is 1.94. The molecule has 2 aromatic rings. The van der Waals surface area contributed by atoms with Crippen molar-refractivity contribution in [3.8, 4) is 0 Å². The monoisotopic (exact) mass is 340 g/mol. The molecule has 0 atom stereocenters. The number of nitrogens with zero attached hydrogens (tertiary/aromatic N) is 3. The number of hydrogen-bond acceptors (Lipinski definition) is 4. The van der Waals surface area contributed by atoms with Crippen LogP contribution in [0.15, 0.2) is 48.8 Å². The number of benzene rings is 1. The number of anilines is 1. The van der Waals surface area contributed by atoms with Crippen molar-refractivity contribution in [2.75, 3.05) is 31.5 Å². The van der Waals surface area contributed by atoms with Crippen molar-refractivity contribution >= 4 is 17.7 Å². The Morgan fingerprint density at radius 2 is 1.92 bits per heavy atom. The molecule has 7 heteroatoms. The Morgan fingerprint density at radius 3 is 2.60 bits per heavy atom. The van der Waals surface area contributed by atoms with Crippen LogP contribution in [-0.4, -0.2) is 58.1 Å². The van der Waals surface area contributed by atoms with Crippen molar-refractivity contribution in [2.24, 2.45) is 0 Å². The first-order chi connectivity index (χ1) is 12.1. The Labute approximate surface area is 145 Å². The van der Waals surface area contributed by atoms with Crippen LogP contribution < -0.4 is 5.32 Å². The zero-order valence-corrected chi connectivity index (χ0v) is 13.8. The number of rotatable bonds is 4. The molecule has 3 rings (SSSR count). The molecule has 0 unspecified atom stereocenters. The minimum absolute atomic E-state index is 0.125. The molecule has 1 aliphatic heterocycles. The molecular weight excluding hydrogens is 320 g/mol. The SMILES string of the molecule is O=C(O)c1cccc(CN2CCN(C(=O)Nc3cccnc3)CC2)c1. The van der Waals surface area contributed by atoms with Crippen molar-refractivity contribution in [3.63, 3.8) is 0 Å². The maximum absolute atomic E-state index is 12.3. The minimum atomic E-state index is -0.918. The zero-order valence-electron chi connectivity index (χ0n) is 13.8. The number of nitrogens with one attached hydrogen (secondary N) is 1. The number of piperazine rings is 1. The number of amides is 2. The summed E-state index contributed by atoms with van der Waals surface area (Å²) in [6, 6.07) is 10.4. The number of aromatic nitrogens is 1. The lowest BCUT2D eigenvalue weighted by molar-refractivity contribution is 0.0696. The number of pyridine rings is 1. The zero-order chi connectivity index (χ0) is 17.6. The molecule has 1 saturated heterocycles. The smallest absolute Gasteiger partial charge is 0.335 e. The molecular formula is C18H20N4O3. The number of carboxylic acids is 1. The molecule has 2 heterocycles. The molecule has 1 aliphatic rings. The summed E-state index contributed by atoms with van der Waals surface area (Å²) in [6.45, 7) is 3.43. The molecule has 130 valence electrons. The maximum atomic E-state index is 12.3. The topological polar surface area (TPSA) is 85.8 Å². The second-order valence-electron chi connectivity index (χ2n) is 5.94. The van der Waals surface area contributed by atoms with E-state index < -0.39 is 5.97 Å². The summed E-state index contributed by atoms with van der Waals surface area (Å²) in [5.74, 6) is -0.918. The van der Waals surface area contributed by atoms with Gasteiger partial charge in [-0.25, -0.2) is 9.59 Å². The van der Waals surface area contributed by atoms with Crippen LogP contribution in [0.3, 0.4) is 0 Å². The number of carbonyl (C=O) groups is 2. The van der Waals surface area contributed by atoms with E-state index in [-0.39, 0.29) is 6.03 Å². The van der Waals surface area contributed by atoms with Gasteiger partial charge < -0.3 is 15.3 Å². The van der Waals surface area contributed by atoms with E-state index in [1.165, 1.54) is 0 Å². The van der Waals surface area contributed by atoms with E-state index in [4.69, 9.17) is 5.11 Å². The third kappa shape index (κ3) is 4.54. The van der Waals surface area contributed by atoms with Gasteiger partial charge in [-0.1, -0.05) is 12.1 Å². The van der Waals surface area contributed by atoms with Crippen LogP contribution in [0.1, 0.15) is 15.9 Å². The number of carbonyl (C=O) groups excluding carboxylic acids is 1. The van der Waals surface area contributed by atoms with Gasteiger partial charge in [0.15, 0.2) is 0 Å². The predicted molar refractivity (Wildman–Crippen MR) is 93.5 cm³/mol. The number of urea groups is 1. The van der Waals surface area contributed by atoms with Crippen molar-refractivity contribution in [2.45, 2.75) is 6.54 Å². The summed E-state index contributed by atoms with van der Waals surface area (Å²) in [5, 5.41) is 11.9. The van der Waals surface area contributed by atoms with E-state index in [2.05, 4.69) is 15.2 Å². The minimum Gasteiger partial charge on any atom is -0.478 e. The standard InChI is InChI=1S/C18H20N4O3/c23-17(24)15-4-1-3-14(11-15)13-21-7-9-22(10-8-21)18(25)20-16-5-2-6-19-12-16/h1-6,11-12H,7-10,13H2,(H,20,25)(H,23,24). The lowest BCUT2D eigenvalue weighted by atomic mass is 10.1. The molecule has 0 saturated carbocycles. The van der Waals surface area contributed by atoms with Gasteiger partial charge in [0.1, 0.15) is 0 Å². The summed E-state index contributed by atoms with van der Waals surface area (Å²) in [7, 11) is 0. The highest BCUT2D eigenvalue weighted by Crippen LogP contribution is 2.12. The molecule has 1 fully saturated rings. The fourth-order valence-electron chi connectivity index (χ4n) is 2.81. The lowest BCUT2D eigenvalue weighted by Gasteiger charge is -2.34. The van der Waals surface area contributed by atoms with Crippen LogP contribution in [0.25, 0.3) is 0 Å². The van der Waals surface area contributed by atoms with Crippen molar-refractivity contribution < 1.29 is 14.7 Å². The van der Waals surface area contributed by atoms with Crippen LogP contribution in [0.2, 0.25) is 0 Å². The molecule has 0 bridgehead atoms.